The zero-order chi connectivity index (χ0) is 28.8. The summed E-state index contributed by atoms with van der Waals surface area (Å²) < 4.78 is 5.49. The Balaban J connectivity index is 1.25. The van der Waals surface area contributed by atoms with E-state index in [1.807, 2.05) is 35.2 Å². The molecule has 1 N–H and O–H groups in total. The quantitative estimate of drug-likeness (QED) is 0.253. The van der Waals surface area contributed by atoms with Crippen LogP contribution in [0.25, 0.3) is 0 Å². The number of halogens is 2. The van der Waals surface area contributed by atoms with Crippen molar-refractivity contribution in [2.75, 3.05) is 13.7 Å². The third-order valence-corrected chi connectivity index (χ3v) is 11.5. The first-order chi connectivity index (χ1) is 18.9. The smallest absolute Gasteiger partial charge is 0.328 e. The predicted molar refractivity (Wildman–Crippen MR) is 155 cm³/mol. The Labute approximate surface area is 253 Å². The van der Waals surface area contributed by atoms with Crippen molar-refractivity contribution in [2.45, 2.75) is 71.1 Å². The van der Waals surface area contributed by atoms with Crippen molar-refractivity contribution >= 4 is 67.3 Å². The number of methoxy groups -OCH3 is 1. The summed E-state index contributed by atoms with van der Waals surface area (Å²) in [7, 11) is 1.28. The summed E-state index contributed by atoms with van der Waals surface area (Å²) >= 11 is 8.67. The highest BCUT2D eigenvalue weighted by Crippen LogP contribution is 2.60. The number of benzene rings is 1. The molecule has 4 heterocycles. The minimum absolute atomic E-state index is 0.0413. The summed E-state index contributed by atoms with van der Waals surface area (Å²) in [6.45, 7) is 4.93. The van der Waals surface area contributed by atoms with Crippen LogP contribution >= 0.6 is 43.6 Å². The maximum atomic E-state index is 13.4. The zero-order valence-electron chi connectivity index (χ0n) is 22.3. The first-order valence-corrected chi connectivity index (χ1v) is 15.4. The van der Waals surface area contributed by atoms with E-state index in [0.717, 1.165) is 5.56 Å². The van der Waals surface area contributed by atoms with Crippen LogP contribution in [0.4, 0.5) is 0 Å². The molecule has 4 atom stereocenters. The van der Waals surface area contributed by atoms with E-state index in [1.54, 1.807) is 22.6 Å². The maximum absolute atomic E-state index is 13.4. The summed E-state index contributed by atoms with van der Waals surface area (Å²) in [6, 6.07) is 7.57. The Kier molecular flexibility index (Phi) is 8.05. The zero-order valence-corrected chi connectivity index (χ0v) is 26.2. The van der Waals surface area contributed by atoms with Gasteiger partial charge in [0.1, 0.15) is 17.5 Å². The van der Waals surface area contributed by atoms with E-state index in [9.17, 15) is 19.2 Å². The highest BCUT2D eigenvalue weighted by molar-refractivity contribution is 9.26. The third kappa shape index (κ3) is 5.29. The Morgan fingerprint density at radius 3 is 2.65 bits per heavy atom. The number of nitrogens with zero attached hydrogens (tertiary/aromatic N) is 5. The molecule has 11 nitrogen and oxygen atoms in total. The van der Waals surface area contributed by atoms with Gasteiger partial charge in [-0.2, -0.15) is 0 Å². The fourth-order valence-electron chi connectivity index (χ4n) is 5.48. The van der Waals surface area contributed by atoms with Crippen LogP contribution in [0.5, 0.6) is 0 Å². The Bertz CT molecular complexity index is 1320. The number of ether oxygens (including phenoxy) is 1. The number of amides is 3. The van der Waals surface area contributed by atoms with E-state index < -0.39 is 33.1 Å². The topological polar surface area (TPSA) is 127 Å². The van der Waals surface area contributed by atoms with Crippen molar-refractivity contribution in [2.24, 2.45) is 0 Å². The van der Waals surface area contributed by atoms with Gasteiger partial charge in [0, 0.05) is 17.7 Å². The number of esters is 1. The number of rotatable bonds is 8. The maximum Gasteiger partial charge on any atom is 0.328 e. The van der Waals surface area contributed by atoms with Gasteiger partial charge in [0.25, 0.3) is 11.8 Å². The van der Waals surface area contributed by atoms with Gasteiger partial charge in [-0.15, -0.1) is 16.9 Å². The molecule has 14 heteroatoms. The number of fused-ring (bicyclic) bond motifs is 1. The van der Waals surface area contributed by atoms with E-state index >= 15 is 0 Å². The summed E-state index contributed by atoms with van der Waals surface area (Å²) in [5, 5.41) is 11.0. The number of aromatic nitrogens is 3. The van der Waals surface area contributed by atoms with Gasteiger partial charge >= 0.3 is 5.97 Å². The number of carbonyl (C=O) groups is 4. The fourth-order valence-corrected chi connectivity index (χ4v) is 8.42. The summed E-state index contributed by atoms with van der Waals surface area (Å²) in [5.41, 5.74) is 1.00. The van der Waals surface area contributed by atoms with Gasteiger partial charge in [-0.1, -0.05) is 67.4 Å². The van der Waals surface area contributed by atoms with Crippen LogP contribution in [-0.2, 0) is 32.1 Å². The minimum atomic E-state index is -0.878. The van der Waals surface area contributed by atoms with Crippen LogP contribution in [0.2, 0.25) is 0 Å². The van der Waals surface area contributed by atoms with Crippen molar-refractivity contribution in [1.29, 1.82) is 0 Å². The molecule has 0 radical (unpaired) electrons. The number of likely N-dealkylation sites (tertiary alicyclic amines) is 1. The Morgan fingerprint density at radius 1 is 1.23 bits per heavy atom. The van der Waals surface area contributed by atoms with Gasteiger partial charge in [0.15, 0.2) is 8.93 Å². The molecule has 0 unspecified atom stereocenters. The van der Waals surface area contributed by atoms with Crippen molar-refractivity contribution in [1.82, 2.24) is 30.1 Å². The molecule has 0 aliphatic carbocycles. The summed E-state index contributed by atoms with van der Waals surface area (Å²) in [6.07, 6.45) is 2.95. The lowest BCUT2D eigenvalue weighted by atomic mass is 9.98. The first kappa shape index (κ1) is 29.1. The molecule has 3 fully saturated rings. The average molecular weight is 698 g/mol. The Hall–Kier alpha value is -2.45. The number of nitrogens with one attached hydrogen (secondary N) is 1. The average Bonchev–Trinajstić information content (AvgIpc) is 3.66. The fraction of sp³-hybridized carbons (Fsp3) is 0.538. The van der Waals surface area contributed by atoms with Crippen molar-refractivity contribution in [3.8, 4) is 0 Å². The molecule has 1 aromatic carbocycles. The lowest BCUT2D eigenvalue weighted by molar-refractivity contribution is -0.145. The number of hydrogen-bond acceptors (Lipinski definition) is 8. The number of carbonyl (C=O) groups excluding carboxylic acids is 4. The Morgan fingerprint density at radius 2 is 1.95 bits per heavy atom. The molecule has 5 rings (SSSR count). The molecule has 214 valence electrons. The number of thioether (sulfide) groups is 1. The first-order valence-electron chi connectivity index (χ1n) is 13.0. The largest absolute Gasteiger partial charge is 0.467 e. The van der Waals surface area contributed by atoms with E-state index in [1.165, 1.54) is 12.0 Å². The molecule has 0 bridgehead atoms. The van der Waals surface area contributed by atoms with Crippen LogP contribution in [0.1, 0.15) is 42.7 Å². The molecule has 0 saturated carbocycles. The van der Waals surface area contributed by atoms with E-state index in [4.69, 9.17) is 4.74 Å². The normalized spacial score (nSPS) is 25.2. The third-order valence-electron chi connectivity index (χ3n) is 7.66. The lowest BCUT2D eigenvalue weighted by Gasteiger charge is -2.47. The highest BCUT2D eigenvalue weighted by Gasteiger charge is 2.68. The SMILES string of the molecule is COC(=O)[C@H](Cc1ccccc1)NC(=O)[C@@H]1CCCN1C(=O)c1cn(C[C@@H]2N3C(=O)C(Br)(Br)[C@H]3SC2(C)C)nn1. The summed E-state index contributed by atoms with van der Waals surface area (Å²) in [4.78, 5) is 55.2. The second-order valence-corrected chi connectivity index (χ2v) is 16.0. The van der Waals surface area contributed by atoms with Gasteiger partial charge in [-0.05, 0) is 32.3 Å². The van der Waals surface area contributed by atoms with Gasteiger partial charge in [-0.25, -0.2) is 9.48 Å². The molecule has 2 aromatic rings. The molecular formula is C26H30Br2N6O5S. The van der Waals surface area contributed by atoms with Crippen LogP contribution in [0.15, 0.2) is 36.5 Å². The van der Waals surface area contributed by atoms with Crippen molar-refractivity contribution < 1.29 is 23.9 Å². The van der Waals surface area contributed by atoms with Crippen LogP contribution in [0, 0.1) is 0 Å². The number of β-lactam (4-membered cyclic amide) rings is 1. The lowest BCUT2D eigenvalue weighted by Crippen LogP contribution is -2.67. The second-order valence-electron chi connectivity index (χ2n) is 10.7. The van der Waals surface area contributed by atoms with Gasteiger partial charge in [-0.3, -0.25) is 14.4 Å². The molecule has 40 heavy (non-hydrogen) atoms. The molecule has 3 aliphatic heterocycles. The molecule has 1 aromatic heterocycles. The molecule has 3 saturated heterocycles. The van der Waals surface area contributed by atoms with E-state index in [0.29, 0.717) is 25.9 Å². The van der Waals surface area contributed by atoms with Crippen molar-refractivity contribution in [3.05, 3.63) is 47.8 Å². The number of alkyl halides is 2. The number of hydrogen-bond donors (Lipinski definition) is 1. The monoisotopic (exact) mass is 696 g/mol. The van der Waals surface area contributed by atoms with Gasteiger partial charge in [0.2, 0.25) is 5.91 Å². The summed E-state index contributed by atoms with van der Waals surface area (Å²) in [5.74, 6) is -1.41. The van der Waals surface area contributed by atoms with Crippen LogP contribution in [0.3, 0.4) is 0 Å². The predicted octanol–water partition coefficient (Wildman–Crippen LogP) is 2.33. The molecule has 3 amide bonds. The molecule has 0 spiro atoms. The molecular weight excluding hydrogens is 668 g/mol. The van der Waals surface area contributed by atoms with Crippen LogP contribution in [-0.4, -0.2) is 93.6 Å². The standard InChI is InChI=1S/C26H30Br2N6O5S/c1-25(2)19(34-23(38)26(27,28)24(34)40-25)14-32-13-17(30-31-32)21(36)33-11-7-10-18(33)20(35)29-16(22(37)39-3)12-15-8-5-4-6-9-15/h4-6,8-9,13,16,18-19,24H,7,10-12,14H2,1-3H3,(H,29,35)/t16-,18-,19-,24+/m0/s1. The van der Waals surface area contributed by atoms with Crippen LogP contribution < -0.4 is 5.32 Å². The second kappa shape index (κ2) is 11.1. The van der Waals surface area contributed by atoms with Gasteiger partial charge < -0.3 is 19.9 Å². The minimum Gasteiger partial charge on any atom is -0.467 e. The van der Waals surface area contributed by atoms with Crippen molar-refractivity contribution in [3.63, 3.8) is 0 Å². The highest BCUT2D eigenvalue weighted by atomic mass is 79.9. The molecule has 3 aliphatic rings. The van der Waals surface area contributed by atoms with E-state index in [2.05, 4.69) is 61.3 Å². The van der Waals surface area contributed by atoms with Gasteiger partial charge in [0.05, 0.1) is 25.9 Å². The van der Waals surface area contributed by atoms with E-state index in [-0.39, 0.29) is 34.2 Å².